The number of anilines is 2. The summed E-state index contributed by atoms with van der Waals surface area (Å²) in [7, 11) is 0. The lowest BCUT2D eigenvalue weighted by Crippen LogP contribution is -2.23. The Hall–Kier alpha value is -1.98. The third-order valence-corrected chi connectivity index (χ3v) is 5.48. The Morgan fingerprint density at radius 1 is 1.16 bits per heavy atom. The van der Waals surface area contributed by atoms with Crippen molar-refractivity contribution >= 4 is 46.6 Å². The number of halogens is 1. The number of carbonyl (C=O) groups excluding carboxylic acids is 2. The Balaban J connectivity index is 1.48. The minimum atomic E-state index is -0.0375. The van der Waals surface area contributed by atoms with Crippen molar-refractivity contribution in [3.05, 3.63) is 53.6 Å². The van der Waals surface area contributed by atoms with Crippen molar-refractivity contribution in [2.75, 3.05) is 22.5 Å². The molecule has 2 aromatic carbocycles. The molecule has 0 spiro atoms. The van der Waals surface area contributed by atoms with Gasteiger partial charge in [-0.3, -0.25) is 9.59 Å². The van der Waals surface area contributed by atoms with Gasteiger partial charge in [0.25, 0.3) is 0 Å². The maximum atomic E-state index is 12.1. The summed E-state index contributed by atoms with van der Waals surface area (Å²) < 4.78 is 0. The van der Waals surface area contributed by atoms with Gasteiger partial charge in [-0.15, -0.1) is 11.8 Å². The molecule has 1 aliphatic heterocycles. The summed E-state index contributed by atoms with van der Waals surface area (Å²) in [4.78, 5) is 26.6. The number of nitrogens with one attached hydrogen (secondary N) is 1. The average molecular weight is 375 g/mol. The highest BCUT2D eigenvalue weighted by molar-refractivity contribution is 7.99. The van der Waals surface area contributed by atoms with Crippen LogP contribution in [0.4, 0.5) is 11.4 Å². The second-order valence-electron chi connectivity index (χ2n) is 5.77. The first-order chi connectivity index (χ1) is 12.1. The maximum absolute atomic E-state index is 12.1. The number of amides is 2. The van der Waals surface area contributed by atoms with Gasteiger partial charge in [0.1, 0.15) is 0 Å². The van der Waals surface area contributed by atoms with Crippen LogP contribution in [0.3, 0.4) is 0 Å². The number of thioether (sulfide) groups is 1. The van der Waals surface area contributed by atoms with Crippen LogP contribution in [0.15, 0.2) is 53.4 Å². The van der Waals surface area contributed by atoms with E-state index in [2.05, 4.69) is 5.32 Å². The third kappa shape index (κ3) is 4.77. The van der Waals surface area contributed by atoms with Crippen molar-refractivity contribution in [1.82, 2.24) is 0 Å². The molecule has 0 unspecified atom stereocenters. The molecule has 25 heavy (non-hydrogen) atoms. The molecule has 0 aliphatic carbocycles. The molecule has 2 amide bonds. The van der Waals surface area contributed by atoms with Crippen molar-refractivity contribution in [3.8, 4) is 0 Å². The second-order valence-corrected chi connectivity index (χ2v) is 7.32. The topological polar surface area (TPSA) is 49.4 Å². The Kier molecular flexibility index (Phi) is 6.00. The molecule has 1 aliphatic rings. The smallest absolute Gasteiger partial charge is 0.227 e. The summed E-state index contributed by atoms with van der Waals surface area (Å²) in [5.41, 5.74) is 1.62. The fraction of sp³-hybridized carbons (Fsp3) is 0.263. The average Bonchev–Trinajstić information content (AvgIpc) is 3.03. The van der Waals surface area contributed by atoms with Gasteiger partial charge in [-0.05, 0) is 42.8 Å². The number of hydrogen-bond donors (Lipinski definition) is 1. The maximum Gasteiger partial charge on any atom is 0.227 e. The quantitative estimate of drug-likeness (QED) is 0.752. The molecule has 1 heterocycles. The highest BCUT2D eigenvalue weighted by Gasteiger charge is 2.21. The van der Waals surface area contributed by atoms with Gasteiger partial charge in [0.2, 0.25) is 11.8 Å². The highest BCUT2D eigenvalue weighted by Crippen LogP contribution is 2.27. The normalized spacial score (nSPS) is 14.0. The zero-order chi connectivity index (χ0) is 17.6. The molecule has 130 valence electrons. The minimum absolute atomic E-state index is 0.0375. The van der Waals surface area contributed by atoms with E-state index in [0.29, 0.717) is 23.6 Å². The van der Waals surface area contributed by atoms with Crippen LogP contribution in [-0.2, 0) is 9.59 Å². The van der Waals surface area contributed by atoms with E-state index in [1.54, 1.807) is 16.7 Å². The van der Waals surface area contributed by atoms with Gasteiger partial charge in [0, 0.05) is 41.4 Å². The summed E-state index contributed by atoms with van der Waals surface area (Å²) in [6, 6.07) is 15.0. The molecule has 4 nitrogen and oxygen atoms in total. The summed E-state index contributed by atoms with van der Waals surface area (Å²) in [6.45, 7) is 0.768. The number of carbonyl (C=O) groups is 2. The van der Waals surface area contributed by atoms with E-state index < -0.39 is 0 Å². The van der Waals surface area contributed by atoms with E-state index in [1.807, 2.05) is 48.5 Å². The lowest BCUT2D eigenvalue weighted by molar-refractivity contribution is -0.117. The van der Waals surface area contributed by atoms with Crippen LogP contribution in [0.5, 0.6) is 0 Å². The molecule has 0 aromatic heterocycles. The molecule has 0 saturated carbocycles. The molecule has 3 rings (SSSR count). The van der Waals surface area contributed by atoms with Gasteiger partial charge in [-0.2, -0.15) is 0 Å². The van der Waals surface area contributed by atoms with Crippen LogP contribution >= 0.6 is 23.4 Å². The molecule has 6 heteroatoms. The van der Waals surface area contributed by atoms with Crippen LogP contribution in [-0.4, -0.2) is 24.1 Å². The Morgan fingerprint density at radius 3 is 2.60 bits per heavy atom. The lowest BCUT2D eigenvalue weighted by Gasteiger charge is -2.16. The van der Waals surface area contributed by atoms with E-state index in [9.17, 15) is 9.59 Å². The highest BCUT2D eigenvalue weighted by atomic mass is 35.5. The fourth-order valence-corrected chi connectivity index (χ4v) is 3.87. The monoisotopic (exact) mass is 374 g/mol. The third-order valence-electron chi connectivity index (χ3n) is 3.96. The van der Waals surface area contributed by atoms with Crippen LogP contribution in [0.2, 0.25) is 5.02 Å². The van der Waals surface area contributed by atoms with Crippen molar-refractivity contribution in [2.45, 2.75) is 24.2 Å². The number of nitrogens with zero attached hydrogens (tertiary/aromatic N) is 1. The SMILES string of the molecule is O=C(CCSc1ccccc1Cl)Nc1ccc(N2CCCC2=O)cc1. The number of rotatable bonds is 6. The van der Waals surface area contributed by atoms with Crippen molar-refractivity contribution in [1.29, 1.82) is 0 Å². The van der Waals surface area contributed by atoms with Crippen molar-refractivity contribution in [3.63, 3.8) is 0 Å². The summed E-state index contributed by atoms with van der Waals surface area (Å²) in [5, 5.41) is 3.59. The first kappa shape index (κ1) is 17.8. The van der Waals surface area contributed by atoms with Crippen molar-refractivity contribution < 1.29 is 9.59 Å². The van der Waals surface area contributed by atoms with E-state index in [1.165, 1.54) is 0 Å². The molecule has 2 aromatic rings. The van der Waals surface area contributed by atoms with Gasteiger partial charge in [0.05, 0.1) is 5.02 Å². The van der Waals surface area contributed by atoms with Gasteiger partial charge in [-0.25, -0.2) is 0 Å². The molecule has 0 bridgehead atoms. The first-order valence-electron chi connectivity index (χ1n) is 8.21. The predicted molar refractivity (Wildman–Crippen MR) is 103 cm³/mol. The summed E-state index contributed by atoms with van der Waals surface area (Å²) >= 11 is 7.67. The zero-order valence-electron chi connectivity index (χ0n) is 13.7. The lowest BCUT2D eigenvalue weighted by atomic mass is 10.2. The van der Waals surface area contributed by atoms with Gasteiger partial charge in [-0.1, -0.05) is 23.7 Å². The molecule has 1 saturated heterocycles. The Labute approximate surface area is 156 Å². The van der Waals surface area contributed by atoms with Gasteiger partial charge in [0.15, 0.2) is 0 Å². The summed E-state index contributed by atoms with van der Waals surface area (Å²) in [5.74, 6) is 0.786. The Bertz CT molecular complexity index is 764. The van der Waals surface area contributed by atoms with Gasteiger partial charge < -0.3 is 10.2 Å². The molecular weight excluding hydrogens is 356 g/mol. The number of benzene rings is 2. The van der Waals surface area contributed by atoms with Crippen LogP contribution in [0, 0.1) is 0 Å². The second kappa shape index (κ2) is 8.41. The fourth-order valence-electron chi connectivity index (χ4n) is 2.68. The first-order valence-corrected chi connectivity index (χ1v) is 9.57. The molecule has 1 fully saturated rings. The van der Waals surface area contributed by atoms with Crippen LogP contribution in [0.1, 0.15) is 19.3 Å². The van der Waals surface area contributed by atoms with Crippen LogP contribution in [0.25, 0.3) is 0 Å². The number of hydrogen-bond acceptors (Lipinski definition) is 3. The van der Waals surface area contributed by atoms with Crippen LogP contribution < -0.4 is 10.2 Å². The zero-order valence-corrected chi connectivity index (χ0v) is 15.3. The molecule has 1 N–H and O–H groups in total. The van der Waals surface area contributed by atoms with E-state index in [0.717, 1.165) is 29.2 Å². The van der Waals surface area contributed by atoms with E-state index >= 15 is 0 Å². The van der Waals surface area contributed by atoms with E-state index in [4.69, 9.17) is 11.6 Å². The Morgan fingerprint density at radius 2 is 1.92 bits per heavy atom. The molecule has 0 radical (unpaired) electrons. The van der Waals surface area contributed by atoms with E-state index in [-0.39, 0.29) is 11.8 Å². The van der Waals surface area contributed by atoms with Gasteiger partial charge >= 0.3 is 0 Å². The minimum Gasteiger partial charge on any atom is -0.326 e. The predicted octanol–water partition coefficient (Wildman–Crippen LogP) is 4.59. The molecule has 0 atom stereocenters. The van der Waals surface area contributed by atoms with Crippen molar-refractivity contribution in [2.24, 2.45) is 0 Å². The standard InChI is InChI=1S/C19H19ClN2O2S/c20-16-4-1-2-5-17(16)25-13-11-18(23)21-14-7-9-15(10-8-14)22-12-3-6-19(22)24/h1-2,4-5,7-10H,3,6,11-13H2,(H,21,23). The largest absolute Gasteiger partial charge is 0.326 e. The summed E-state index contributed by atoms with van der Waals surface area (Å²) in [6.07, 6.45) is 1.92. The molecular formula is C19H19ClN2O2S.